The third kappa shape index (κ3) is 1.66. The Morgan fingerprint density at radius 1 is 1.12 bits per heavy atom. The van der Waals surface area contributed by atoms with Gasteiger partial charge in [-0.3, -0.25) is 14.1 Å². The molecule has 0 aromatic heterocycles. The van der Waals surface area contributed by atoms with Crippen LogP contribution in [0.2, 0.25) is 0 Å². The molecule has 16 heavy (non-hydrogen) atoms. The van der Waals surface area contributed by atoms with Gasteiger partial charge in [0.15, 0.2) is 0 Å². The van der Waals surface area contributed by atoms with Crippen LogP contribution in [0.25, 0.3) is 0 Å². The minimum Gasteiger partial charge on any atom is -0.360 e. The molecular formula is C12H19F2NO. The predicted octanol–water partition coefficient (Wildman–Crippen LogP) is 2.05. The highest BCUT2D eigenvalue weighted by molar-refractivity contribution is 5.06. The van der Waals surface area contributed by atoms with Gasteiger partial charge in [-0.25, -0.2) is 0 Å². The van der Waals surface area contributed by atoms with Gasteiger partial charge in [0, 0.05) is 24.8 Å². The van der Waals surface area contributed by atoms with E-state index in [-0.39, 0.29) is 0 Å². The molecule has 2 aliphatic carbocycles. The molecule has 1 unspecified atom stereocenters. The van der Waals surface area contributed by atoms with Crippen LogP contribution in [0.15, 0.2) is 0 Å². The average molecular weight is 231 g/mol. The number of halogens is 2. The molecule has 1 N–H and O–H groups in total. The van der Waals surface area contributed by atoms with E-state index in [4.69, 9.17) is 4.74 Å². The lowest BCUT2D eigenvalue weighted by molar-refractivity contribution is -0.224. The average Bonchev–Trinajstić information content (AvgIpc) is 3.10. The third-order valence-electron chi connectivity index (χ3n) is 4.44. The fourth-order valence-corrected chi connectivity index (χ4v) is 3.18. The van der Waals surface area contributed by atoms with Crippen molar-refractivity contribution in [2.45, 2.75) is 31.4 Å². The van der Waals surface area contributed by atoms with Crippen molar-refractivity contribution in [3.8, 4) is 0 Å². The Bertz CT molecular complexity index is 258. The van der Waals surface area contributed by atoms with Crippen LogP contribution in [-0.2, 0) is 4.74 Å². The summed E-state index contributed by atoms with van der Waals surface area (Å²) in [5.74, 6) is 1.45. The van der Waals surface area contributed by atoms with Crippen LogP contribution in [0, 0.1) is 17.3 Å². The number of ether oxygens (including phenoxy) is 1. The smallest absolute Gasteiger partial charge is 0.120 e. The molecule has 3 rings (SSSR count). The van der Waals surface area contributed by atoms with E-state index < -0.39 is 24.5 Å². The van der Waals surface area contributed by atoms with Crippen molar-refractivity contribution in [2.75, 3.05) is 26.5 Å². The standard InChI is InChI=1S/C12H19F2NO/c13-7-11(8-14)5-12(6-11)15-3-10(4-16-12)9-1-2-9/h9-10,15H,1-8H2. The Labute approximate surface area is 94.7 Å². The Kier molecular flexibility index (Phi) is 2.48. The lowest BCUT2D eigenvalue weighted by atomic mass is 9.64. The molecular weight excluding hydrogens is 212 g/mol. The van der Waals surface area contributed by atoms with Gasteiger partial charge in [-0.15, -0.1) is 0 Å². The number of alkyl halides is 2. The molecule has 0 amide bonds. The monoisotopic (exact) mass is 231 g/mol. The van der Waals surface area contributed by atoms with E-state index in [1.165, 1.54) is 12.8 Å². The van der Waals surface area contributed by atoms with E-state index in [0.717, 1.165) is 19.1 Å². The summed E-state index contributed by atoms with van der Waals surface area (Å²) in [6.45, 7) is 0.594. The first-order chi connectivity index (χ1) is 7.71. The maximum atomic E-state index is 12.7. The molecule has 1 aliphatic heterocycles. The molecule has 3 fully saturated rings. The minimum absolute atomic E-state index is 0.399. The van der Waals surface area contributed by atoms with Crippen LogP contribution in [0.4, 0.5) is 8.78 Å². The first-order valence-corrected chi connectivity index (χ1v) is 6.22. The zero-order valence-electron chi connectivity index (χ0n) is 9.48. The van der Waals surface area contributed by atoms with E-state index in [9.17, 15) is 8.78 Å². The van der Waals surface area contributed by atoms with Gasteiger partial charge in [0.1, 0.15) is 5.72 Å². The van der Waals surface area contributed by atoms with Crippen molar-refractivity contribution in [3.05, 3.63) is 0 Å². The fourth-order valence-electron chi connectivity index (χ4n) is 3.18. The zero-order chi connectivity index (χ0) is 11.2. The molecule has 1 atom stereocenters. The van der Waals surface area contributed by atoms with Crippen molar-refractivity contribution >= 4 is 0 Å². The van der Waals surface area contributed by atoms with Crippen molar-refractivity contribution in [1.29, 1.82) is 0 Å². The lowest BCUT2D eigenvalue weighted by Crippen LogP contribution is -2.67. The maximum absolute atomic E-state index is 12.7. The highest BCUT2D eigenvalue weighted by Gasteiger charge is 2.57. The van der Waals surface area contributed by atoms with E-state index in [1.54, 1.807) is 0 Å². The summed E-state index contributed by atoms with van der Waals surface area (Å²) in [6, 6.07) is 0. The first-order valence-electron chi connectivity index (χ1n) is 6.22. The van der Waals surface area contributed by atoms with E-state index in [1.807, 2.05) is 0 Å². The van der Waals surface area contributed by atoms with Crippen molar-refractivity contribution in [1.82, 2.24) is 5.32 Å². The van der Waals surface area contributed by atoms with Gasteiger partial charge in [0.05, 0.1) is 20.0 Å². The van der Waals surface area contributed by atoms with Crippen LogP contribution in [-0.4, -0.2) is 32.2 Å². The molecule has 0 aromatic rings. The van der Waals surface area contributed by atoms with Crippen LogP contribution in [0.5, 0.6) is 0 Å². The largest absolute Gasteiger partial charge is 0.360 e. The second-order valence-electron chi connectivity index (χ2n) is 5.90. The van der Waals surface area contributed by atoms with Crippen molar-refractivity contribution in [3.63, 3.8) is 0 Å². The summed E-state index contributed by atoms with van der Waals surface area (Å²) in [6.07, 6.45) is 3.62. The Morgan fingerprint density at radius 2 is 1.81 bits per heavy atom. The highest BCUT2D eigenvalue weighted by Crippen LogP contribution is 2.52. The highest BCUT2D eigenvalue weighted by atomic mass is 19.1. The number of hydrogen-bond donors (Lipinski definition) is 1. The predicted molar refractivity (Wildman–Crippen MR) is 56.5 cm³/mol. The Balaban J connectivity index is 1.54. The number of hydrogen-bond acceptors (Lipinski definition) is 2. The van der Waals surface area contributed by atoms with Crippen molar-refractivity contribution < 1.29 is 13.5 Å². The summed E-state index contributed by atoms with van der Waals surface area (Å²) in [7, 11) is 0. The SMILES string of the molecule is FCC1(CF)CC2(C1)NCC(C1CC1)CO2. The second kappa shape index (κ2) is 3.64. The molecule has 1 saturated heterocycles. The van der Waals surface area contributed by atoms with Gasteiger partial charge in [0.25, 0.3) is 0 Å². The molecule has 2 saturated carbocycles. The van der Waals surface area contributed by atoms with Crippen LogP contribution in [0.3, 0.4) is 0 Å². The molecule has 0 aromatic carbocycles. The summed E-state index contributed by atoms with van der Waals surface area (Å²) >= 11 is 0. The van der Waals surface area contributed by atoms with Gasteiger partial charge < -0.3 is 4.74 Å². The summed E-state index contributed by atoms with van der Waals surface area (Å²) in [5.41, 5.74) is -1.15. The molecule has 2 nitrogen and oxygen atoms in total. The molecule has 0 radical (unpaired) electrons. The van der Waals surface area contributed by atoms with Crippen LogP contribution < -0.4 is 5.32 Å². The van der Waals surface area contributed by atoms with Gasteiger partial charge in [-0.05, 0) is 24.7 Å². The van der Waals surface area contributed by atoms with Gasteiger partial charge in [0.2, 0.25) is 0 Å². The molecule has 3 aliphatic rings. The third-order valence-corrected chi connectivity index (χ3v) is 4.44. The second-order valence-corrected chi connectivity index (χ2v) is 5.90. The van der Waals surface area contributed by atoms with Gasteiger partial charge >= 0.3 is 0 Å². The summed E-state index contributed by atoms with van der Waals surface area (Å²) < 4.78 is 31.3. The molecule has 1 heterocycles. The van der Waals surface area contributed by atoms with E-state index in [2.05, 4.69) is 5.32 Å². The van der Waals surface area contributed by atoms with E-state index in [0.29, 0.717) is 18.8 Å². The molecule has 0 bridgehead atoms. The normalized spacial score (nSPS) is 36.0. The number of nitrogens with one attached hydrogen (secondary N) is 1. The topological polar surface area (TPSA) is 21.3 Å². The quantitative estimate of drug-likeness (QED) is 0.802. The first kappa shape index (κ1) is 10.9. The Morgan fingerprint density at radius 3 is 2.25 bits per heavy atom. The molecule has 1 spiro atoms. The lowest BCUT2D eigenvalue weighted by Gasteiger charge is -2.56. The van der Waals surface area contributed by atoms with E-state index >= 15 is 0 Å². The van der Waals surface area contributed by atoms with Gasteiger partial charge in [-0.2, -0.15) is 0 Å². The zero-order valence-corrected chi connectivity index (χ0v) is 9.48. The summed E-state index contributed by atoms with van der Waals surface area (Å²) in [5, 5.41) is 3.37. The Hall–Kier alpha value is -0.220. The minimum atomic E-state index is -0.751. The maximum Gasteiger partial charge on any atom is 0.120 e. The molecule has 92 valence electrons. The van der Waals surface area contributed by atoms with Gasteiger partial charge in [-0.1, -0.05) is 0 Å². The molecule has 4 heteroatoms. The van der Waals surface area contributed by atoms with Crippen LogP contribution >= 0.6 is 0 Å². The van der Waals surface area contributed by atoms with Crippen molar-refractivity contribution in [2.24, 2.45) is 17.3 Å². The summed E-state index contributed by atoms with van der Waals surface area (Å²) in [4.78, 5) is 0. The number of rotatable bonds is 3. The van der Waals surface area contributed by atoms with Crippen LogP contribution in [0.1, 0.15) is 25.7 Å². The fraction of sp³-hybridized carbons (Fsp3) is 1.00.